The Labute approximate surface area is 183 Å². The van der Waals surface area contributed by atoms with E-state index in [9.17, 15) is 4.39 Å². The van der Waals surface area contributed by atoms with E-state index in [1.165, 1.54) is 12.1 Å². The summed E-state index contributed by atoms with van der Waals surface area (Å²) >= 11 is 0. The van der Waals surface area contributed by atoms with E-state index in [4.69, 9.17) is 19.6 Å². The first kappa shape index (κ1) is 22.7. The van der Waals surface area contributed by atoms with Gasteiger partial charge in [-0.25, -0.2) is 9.38 Å². The number of anilines is 1. The van der Waals surface area contributed by atoms with Crippen molar-refractivity contribution in [1.82, 2.24) is 10.2 Å². The normalized spacial score (nSPS) is 14.5. The van der Waals surface area contributed by atoms with Crippen LogP contribution in [0.15, 0.2) is 47.5 Å². The Balaban J connectivity index is 1.63. The molecule has 168 valence electrons. The highest BCUT2D eigenvalue weighted by Crippen LogP contribution is 2.28. The summed E-state index contributed by atoms with van der Waals surface area (Å²) in [4.78, 5) is 9.32. The van der Waals surface area contributed by atoms with Crippen molar-refractivity contribution in [1.29, 1.82) is 0 Å². The molecule has 31 heavy (non-hydrogen) atoms. The summed E-state index contributed by atoms with van der Waals surface area (Å²) in [6.45, 7) is 6.90. The number of benzene rings is 2. The largest absolute Gasteiger partial charge is 0.493 e. The molecule has 0 bridgehead atoms. The van der Waals surface area contributed by atoms with E-state index >= 15 is 0 Å². The molecule has 0 amide bonds. The Morgan fingerprint density at radius 2 is 1.84 bits per heavy atom. The number of methoxy groups -OCH3 is 1. The zero-order chi connectivity index (χ0) is 22.1. The molecule has 0 saturated carbocycles. The van der Waals surface area contributed by atoms with Gasteiger partial charge in [0.1, 0.15) is 12.4 Å². The van der Waals surface area contributed by atoms with Crippen LogP contribution in [0, 0.1) is 5.82 Å². The lowest BCUT2D eigenvalue weighted by atomic mass is 10.2. The van der Waals surface area contributed by atoms with Crippen molar-refractivity contribution in [2.24, 2.45) is 4.99 Å². The van der Waals surface area contributed by atoms with Crippen LogP contribution in [-0.2, 0) is 6.54 Å². The van der Waals surface area contributed by atoms with E-state index in [0.29, 0.717) is 18.0 Å². The van der Waals surface area contributed by atoms with E-state index < -0.39 is 0 Å². The first-order valence-electron chi connectivity index (χ1n) is 10.6. The highest BCUT2D eigenvalue weighted by Gasteiger charge is 2.20. The third-order valence-corrected chi connectivity index (χ3v) is 5.09. The van der Waals surface area contributed by atoms with Crippen LogP contribution in [0.1, 0.15) is 12.5 Å². The fourth-order valence-electron chi connectivity index (χ4n) is 3.51. The summed E-state index contributed by atoms with van der Waals surface area (Å²) in [5.41, 5.74) is 2.05. The molecule has 0 radical (unpaired) electrons. The summed E-state index contributed by atoms with van der Waals surface area (Å²) in [7, 11) is 1.60. The van der Waals surface area contributed by atoms with Gasteiger partial charge in [0.05, 0.1) is 20.3 Å². The van der Waals surface area contributed by atoms with Crippen LogP contribution < -0.4 is 19.7 Å². The number of guanidine groups is 1. The Hall–Kier alpha value is -3.00. The van der Waals surface area contributed by atoms with Crippen LogP contribution in [0.3, 0.4) is 0 Å². The summed E-state index contributed by atoms with van der Waals surface area (Å²) < 4.78 is 24.1. The number of aliphatic hydroxyl groups is 1. The molecule has 0 aliphatic carbocycles. The van der Waals surface area contributed by atoms with E-state index in [0.717, 1.165) is 49.9 Å². The zero-order valence-electron chi connectivity index (χ0n) is 18.2. The second-order valence-corrected chi connectivity index (χ2v) is 7.18. The van der Waals surface area contributed by atoms with E-state index in [-0.39, 0.29) is 19.0 Å². The molecule has 1 aliphatic rings. The smallest absolute Gasteiger partial charge is 0.194 e. The second-order valence-electron chi connectivity index (χ2n) is 7.18. The number of aliphatic imine (C=N–C) groups is 1. The molecule has 2 N–H and O–H groups in total. The number of halogens is 1. The number of rotatable bonds is 8. The number of hydrogen-bond donors (Lipinski definition) is 2. The molecule has 2 aromatic carbocycles. The van der Waals surface area contributed by atoms with Crippen LogP contribution in [0.5, 0.6) is 11.5 Å². The van der Waals surface area contributed by atoms with Gasteiger partial charge in [0, 0.05) is 38.4 Å². The molecule has 8 heteroatoms. The first-order valence-corrected chi connectivity index (χ1v) is 10.6. The minimum absolute atomic E-state index is 0.0460. The number of nitrogens with zero attached hydrogens (tertiary/aromatic N) is 3. The molecule has 1 saturated heterocycles. The molecule has 1 heterocycles. The summed E-state index contributed by atoms with van der Waals surface area (Å²) in [6.07, 6.45) is 0. The van der Waals surface area contributed by atoms with Crippen LogP contribution in [0.25, 0.3) is 0 Å². The molecule has 7 nitrogen and oxygen atoms in total. The predicted octanol–water partition coefficient (Wildman–Crippen LogP) is 2.49. The average Bonchev–Trinajstić information content (AvgIpc) is 2.81. The van der Waals surface area contributed by atoms with Gasteiger partial charge in [-0.05, 0) is 48.9 Å². The van der Waals surface area contributed by atoms with Gasteiger partial charge >= 0.3 is 0 Å². The Morgan fingerprint density at radius 1 is 1.10 bits per heavy atom. The maximum absolute atomic E-state index is 13.2. The van der Waals surface area contributed by atoms with Gasteiger partial charge in [-0.1, -0.05) is 6.07 Å². The molecule has 2 aromatic rings. The molecule has 1 fully saturated rings. The second kappa shape index (κ2) is 11.4. The Bertz CT molecular complexity index is 852. The maximum Gasteiger partial charge on any atom is 0.194 e. The quantitative estimate of drug-likeness (QED) is 0.495. The van der Waals surface area contributed by atoms with Gasteiger partial charge in [0.15, 0.2) is 17.5 Å². The number of nitrogens with one attached hydrogen (secondary N) is 1. The highest BCUT2D eigenvalue weighted by molar-refractivity contribution is 5.80. The molecular formula is C23H31FN4O3. The van der Waals surface area contributed by atoms with Crippen LogP contribution in [-0.4, -0.2) is 69.0 Å². The standard InChI is InChI=1S/C23H31FN4O3/c1-3-25-23(26-17-18-4-9-21(31-15-14-29)22(16-18)30-2)28-12-10-27(11-13-28)20-7-5-19(24)6-8-20/h4-9,16,29H,3,10-15,17H2,1-2H3,(H,25,26). The topological polar surface area (TPSA) is 69.6 Å². The van der Waals surface area contributed by atoms with Gasteiger partial charge in [-0.3, -0.25) is 0 Å². The van der Waals surface area contributed by atoms with Crippen molar-refractivity contribution in [3.8, 4) is 11.5 Å². The number of ether oxygens (including phenoxy) is 2. The van der Waals surface area contributed by atoms with Gasteiger partial charge in [-0.15, -0.1) is 0 Å². The van der Waals surface area contributed by atoms with E-state index in [1.54, 1.807) is 7.11 Å². The molecule has 0 atom stereocenters. The van der Waals surface area contributed by atoms with Crippen molar-refractivity contribution in [3.63, 3.8) is 0 Å². The minimum atomic E-state index is -0.214. The van der Waals surface area contributed by atoms with Gasteiger partial charge in [0.2, 0.25) is 0 Å². The van der Waals surface area contributed by atoms with Crippen LogP contribution in [0.2, 0.25) is 0 Å². The molecule has 0 unspecified atom stereocenters. The summed E-state index contributed by atoms with van der Waals surface area (Å²) in [6, 6.07) is 12.4. The lowest BCUT2D eigenvalue weighted by molar-refractivity contribution is 0.196. The molecule has 1 aliphatic heterocycles. The third kappa shape index (κ3) is 6.24. The van der Waals surface area contributed by atoms with Crippen molar-refractivity contribution in [2.75, 3.05) is 57.9 Å². The SMILES string of the molecule is CCNC(=NCc1ccc(OCCO)c(OC)c1)N1CCN(c2ccc(F)cc2)CC1. The number of aliphatic hydroxyl groups excluding tert-OH is 1. The minimum Gasteiger partial charge on any atom is -0.493 e. The van der Waals surface area contributed by atoms with Crippen LogP contribution in [0.4, 0.5) is 10.1 Å². The van der Waals surface area contributed by atoms with Gasteiger partial charge in [-0.2, -0.15) is 0 Å². The van der Waals surface area contributed by atoms with Gasteiger partial charge in [0.25, 0.3) is 0 Å². The van der Waals surface area contributed by atoms with E-state index in [1.807, 2.05) is 30.3 Å². The van der Waals surface area contributed by atoms with Crippen LogP contribution >= 0.6 is 0 Å². The number of piperazine rings is 1. The molecule has 0 aromatic heterocycles. The Morgan fingerprint density at radius 3 is 2.48 bits per heavy atom. The molecule has 3 rings (SSSR count). The predicted molar refractivity (Wildman–Crippen MR) is 121 cm³/mol. The lowest BCUT2D eigenvalue weighted by Gasteiger charge is -2.37. The van der Waals surface area contributed by atoms with Crippen molar-refractivity contribution in [2.45, 2.75) is 13.5 Å². The monoisotopic (exact) mass is 430 g/mol. The average molecular weight is 431 g/mol. The van der Waals surface area contributed by atoms with Crippen molar-refractivity contribution < 1.29 is 19.0 Å². The first-order chi connectivity index (χ1) is 15.1. The zero-order valence-corrected chi connectivity index (χ0v) is 18.2. The summed E-state index contributed by atoms with van der Waals surface area (Å²) in [5.74, 6) is 1.89. The fourth-order valence-corrected chi connectivity index (χ4v) is 3.51. The van der Waals surface area contributed by atoms with Gasteiger partial charge < -0.3 is 29.7 Å². The summed E-state index contributed by atoms with van der Waals surface area (Å²) in [5, 5.41) is 12.3. The van der Waals surface area contributed by atoms with Crippen molar-refractivity contribution in [3.05, 3.63) is 53.8 Å². The van der Waals surface area contributed by atoms with E-state index in [2.05, 4.69) is 22.0 Å². The third-order valence-electron chi connectivity index (χ3n) is 5.09. The van der Waals surface area contributed by atoms with Crippen molar-refractivity contribution >= 4 is 11.6 Å². The molecular weight excluding hydrogens is 399 g/mol. The maximum atomic E-state index is 13.2. The number of hydrogen-bond acceptors (Lipinski definition) is 5. The lowest BCUT2D eigenvalue weighted by Crippen LogP contribution is -2.52. The highest BCUT2D eigenvalue weighted by atomic mass is 19.1. The Kier molecular flexibility index (Phi) is 8.35. The fraction of sp³-hybridized carbons (Fsp3) is 0.435. The molecule has 0 spiro atoms.